The van der Waals surface area contributed by atoms with Crippen LogP contribution in [0.15, 0.2) is 6.07 Å². The molecule has 1 aromatic heterocycles. The van der Waals surface area contributed by atoms with Crippen LogP contribution in [0.1, 0.15) is 11.4 Å². The maximum atomic E-state index is 4.13. The first-order chi connectivity index (χ1) is 4.72. The highest BCUT2D eigenvalue weighted by Crippen LogP contribution is 2.01. The molecule has 0 aliphatic rings. The van der Waals surface area contributed by atoms with Crippen LogP contribution in [-0.2, 0) is 0 Å². The predicted molar refractivity (Wildman–Crippen MR) is 41.1 cm³/mol. The SMILES string of the molecule is CNc1nc(C)cc(C)n1. The number of aromatic nitrogens is 2. The molecule has 0 amide bonds. The molecule has 1 N–H and O–H groups in total. The van der Waals surface area contributed by atoms with E-state index in [0.717, 1.165) is 11.4 Å². The van der Waals surface area contributed by atoms with Gasteiger partial charge in [-0.25, -0.2) is 9.97 Å². The fourth-order valence-electron chi connectivity index (χ4n) is 0.838. The Balaban J connectivity index is 3.06. The minimum Gasteiger partial charge on any atom is -0.357 e. The number of hydrogen-bond acceptors (Lipinski definition) is 3. The molecule has 3 heteroatoms. The molecule has 1 heterocycles. The van der Waals surface area contributed by atoms with Crippen LogP contribution in [0.2, 0.25) is 0 Å². The van der Waals surface area contributed by atoms with E-state index < -0.39 is 0 Å². The smallest absolute Gasteiger partial charge is 0.222 e. The number of hydrogen-bond donors (Lipinski definition) is 1. The second kappa shape index (κ2) is 2.64. The van der Waals surface area contributed by atoms with E-state index in [9.17, 15) is 0 Å². The third-order valence-electron chi connectivity index (χ3n) is 1.21. The van der Waals surface area contributed by atoms with Gasteiger partial charge in [0.05, 0.1) is 0 Å². The summed E-state index contributed by atoms with van der Waals surface area (Å²) in [6.45, 7) is 3.91. The van der Waals surface area contributed by atoms with Crippen LogP contribution >= 0.6 is 0 Å². The standard InChI is InChI=1S/C7H11N3/c1-5-4-6(2)10-7(8-3)9-5/h4H,1-3H3,(H,8,9,10). The number of nitrogens with zero attached hydrogens (tertiary/aromatic N) is 2. The van der Waals surface area contributed by atoms with Gasteiger partial charge in [-0.2, -0.15) is 0 Å². The molecule has 1 aromatic rings. The Morgan fingerprint density at radius 1 is 1.20 bits per heavy atom. The molecule has 0 radical (unpaired) electrons. The van der Waals surface area contributed by atoms with E-state index in [1.807, 2.05) is 27.0 Å². The Bertz CT molecular complexity index is 212. The lowest BCUT2D eigenvalue weighted by Gasteiger charge is -1.99. The highest BCUT2D eigenvalue weighted by Gasteiger charge is 1.93. The van der Waals surface area contributed by atoms with E-state index in [0.29, 0.717) is 5.95 Å². The molecule has 0 atom stereocenters. The summed E-state index contributed by atoms with van der Waals surface area (Å²) in [5, 5.41) is 2.89. The van der Waals surface area contributed by atoms with Crippen molar-refractivity contribution in [3.63, 3.8) is 0 Å². The van der Waals surface area contributed by atoms with Crippen molar-refractivity contribution in [1.82, 2.24) is 9.97 Å². The van der Waals surface area contributed by atoms with Crippen LogP contribution in [0.25, 0.3) is 0 Å². The van der Waals surface area contributed by atoms with Gasteiger partial charge < -0.3 is 5.32 Å². The first kappa shape index (κ1) is 6.99. The topological polar surface area (TPSA) is 37.8 Å². The first-order valence-corrected chi connectivity index (χ1v) is 3.22. The third kappa shape index (κ3) is 1.43. The van der Waals surface area contributed by atoms with Gasteiger partial charge in [-0.05, 0) is 19.9 Å². The molecular formula is C7H11N3. The molecule has 0 saturated heterocycles. The second-order valence-corrected chi connectivity index (χ2v) is 2.22. The lowest BCUT2D eigenvalue weighted by molar-refractivity contribution is 1.05. The monoisotopic (exact) mass is 137 g/mol. The largest absolute Gasteiger partial charge is 0.357 e. The normalized spacial score (nSPS) is 9.50. The van der Waals surface area contributed by atoms with E-state index in [-0.39, 0.29) is 0 Å². The summed E-state index contributed by atoms with van der Waals surface area (Å²) in [7, 11) is 1.81. The lowest BCUT2D eigenvalue weighted by Crippen LogP contribution is -1.98. The van der Waals surface area contributed by atoms with Gasteiger partial charge >= 0.3 is 0 Å². The summed E-state index contributed by atoms with van der Waals surface area (Å²) in [5.41, 5.74) is 1.99. The molecule has 10 heavy (non-hydrogen) atoms. The second-order valence-electron chi connectivity index (χ2n) is 2.22. The van der Waals surface area contributed by atoms with Crippen LogP contribution in [0.5, 0.6) is 0 Å². The number of aryl methyl sites for hydroxylation is 2. The molecule has 3 nitrogen and oxygen atoms in total. The van der Waals surface area contributed by atoms with Gasteiger partial charge in [-0.1, -0.05) is 0 Å². The van der Waals surface area contributed by atoms with Gasteiger partial charge in [0.1, 0.15) is 0 Å². The van der Waals surface area contributed by atoms with Crippen LogP contribution < -0.4 is 5.32 Å². The molecule has 0 spiro atoms. The van der Waals surface area contributed by atoms with Crippen molar-refractivity contribution in [3.05, 3.63) is 17.5 Å². The molecule has 54 valence electrons. The zero-order chi connectivity index (χ0) is 7.56. The van der Waals surface area contributed by atoms with Crippen molar-refractivity contribution in [1.29, 1.82) is 0 Å². The van der Waals surface area contributed by atoms with Crippen LogP contribution in [0.4, 0.5) is 5.95 Å². The molecular weight excluding hydrogens is 126 g/mol. The van der Waals surface area contributed by atoms with E-state index in [1.54, 1.807) is 0 Å². The fraction of sp³-hybridized carbons (Fsp3) is 0.429. The summed E-state index contributed by atoms with van der Waals surface area (Å²) in [6, 6.07) is 1.95. The molecule has 0 fully saturated rings. The predicted octanol–water partition coefficient (Wildman–Crippen LogP) is 1.14. The van der Waals surface area contributed by atoms with Gasteiger partial charge in [-0.3, -0.25) is 0 Å². The number of anilines is 1. The van der Waals surface area contributed by atoms with Crippen molar-refractivity contribution in [2.45, 2.75) is 13.8 Å². The van der Waals surface area contributed by atoms with Crippen LogP contribution in [0, 0.1) is 13.8 Å². The molecule has 1 rings (SSSR count). The van der Waals surface area contributed by atoms with E-state index in [1.165, 1.54) is 0 Å². The molecule has 0 unspecified atom stereocenters. The summed E-state index contributed by atoms with van der Waals surface area (Å²) >= 11 is 0. The highest BCUT2D eigenvalue weighted by atomic mass is 15.1. The molecule has 0 aromatic carbocycles. The minimum atomic E-state index is 0.692. The van der Waals surface area contributed by atoms with Gasteiger partial charge in [0.25, 0.3) is 0 Å². The maximum Gasteiger partial charge on any atom is 0.222 e. The quantitative estimate of drug-likeness (QED) is 0.630. The van der Waals surface area contributed by atoms with E-state index >= 15 is 0 Å². The minimum absolute atomic E-state index is 0.692. The number of nitrogens with one attached hydrogen (secondary N) is 1. The molecule has 0 bridgehead atoms. The Morgan fingerprint density at radius 3 is 2.10 bits per heavy atom. The molecule has 0 aliphatic carbocycles. The average molecular weight is 137 g/mol. The van der Waals surface area contributed by atoms with E-state index in [2.05, 4.69) is 15.3 Å². The summed E-state index contributed by atoms with van der Waals surface area (Å²) in [6.07, 6.45) is 0. The third-order valence-corrected chi connectivity index (χ3v) is 1.21. The average Bonchev–Trinajstić information content (AvgIpc) is 1.85. The van der Waals surface area contributed by atoms with Crippen molar-refractivity contribution in [2.75, 3.05) is 12.4 Å². The Morgan fingerprint density at radius 2 is 1.70 bits per heavy atom. The van der Waals surface area contributed by atoms with Gasteiger partial charge in [0.15, 0.2) is 0 Å². The Kier molecular flexibility index (Phi) is 1.85. The summed E-state index contributed by atoms with van der Waals surface area (Å²) in [5.74, 6) is 0.692. The number of rotatable bonds is 1. The first-order valence-electron chi connectivity index (χ1n) is 3.22. The summed E-state index contributed by atoms with van der Waals surface area (Å²) in [4.78, 5) is 8.26. The molecule has 0 saturated carbocycles. The highest BCUT2D eigenvalue weighted by molar-refractivity contribution is 5.26. The van der Waals surface area contributed by atoms with Gasteiger partial charge in [-0.15, -0.1) is 0 Å². The summed E-state index contributed by atoms with van der Waals surface area (Å²) < 4.78 is 0. The molecule has 0 aliphatic heterocycles. The lowest BCUT2D eigenvalue weighted by atomic mass is 10.4. The Labute approximate surface area is 60.5 Å². The van der Waals surface area contributed by atoms with E-state index in [4.69, 9.17) is 0 Å². The van der Waals surface area contributed by atoms with Crippen molar-refractivity contribution < 1.29 is 0 Å². The maximum absolute atomic E-state index is 4.13. The van der Waals surface area contributed by atoms with Crippen molar-refractivity contribution in [3.8, 4) is 0 Å². The van der Waals surface area contributed by atoms with Gasteiger partial charge in [0, 0.05) is 18.4 Å². The van der Waals surface area contributed by atoms with Crippen molar-refractivity contribution >= 4 is 5.95 Å². The zero-order valence-corrected chi connectivity index (χ0v) is 6.47. The fourth-order valence-corrected chi connectivity index (χ4v) is 0.838. The van der Waals surface area contributed by atoms with Crippen LogP contribution in [0.3, 0.4) is 0 Å². The zero-order valence-electron chi connectivity index (χ0n) is 6.47. The Hall–Kier alpha value is -1.12. The van der Waals surface area contributed by atoms with Crippen molar-refractivity contribution in [2.24, 2.45) is 0 Å². The van der Waals surface area contributed by atoms with Crippen LogP contribution in [-0.4, -0.2) is 17.0 Å². The van der Waals surface area contributed by atoms with Gasteiger partial charge in [0.2, 0.25) is 5.95 Å².